The number of halogens is 3. The number of carbonyl (C=O) groups excluding carboxylic acids is 1. The van der Waals surface area contributed by atoms with E-state index in [-0.39, 0.29) is 11.5 Å². The second kappa shape index (κ2) is 5.57. The summed E-state index contributed by atoms with van der Waals surface area (Å²) in [5.41, 5.74) is 1.69. The second-order valence-electron chi connectivity index (χ2n) is 3.73. The Morgan fingerprint density at radius 3 is 2.55 bits per heavy atom. The molecule has 0 bridgehead atoms. The lowest BCUT2D eigenvalue weighted by molar-refractivity contribution is 0.102. The van der Waals surface area contributed by atoms with E-state index in [0.717, 1.165) is 6.07 Å². The van der Waals surface area contributed by atoms with Gasteiger partial charge in [-0.15, -0.1) is 0 Å². The van der Waals surface area contributed by atoms with Gasteiger partial charge >= 0.3 is 0 Å². The summed E-state index contributed by atoms with van der Waals surface area (Å²) in [7, 11) is 0. The highest BCUT2D eigenvalue weighted by atomic mass is 19.2. The zero-order valence-electron chi connectivity index (χ0n) is 9.95. The van der Waals surface area contributed by atoms with E-state index in [1.807, 2.05) is 0 Å². The van der Waals surface area contributed by atoms with Crippen LogP contribution in [0.1, 0.15) is 10.5 Å². The van der Waals surface area contributed by atoms with Crippen molar-refractivity contribution in [2.75, 3.05) is 10.7 Å². The molecule has 4 N–H and O–H groups in total. The summed E-state index contributed by atoms with van der Waals surface area (Å²) in [5, 5.41) is 2.09. The van der Waals surface area contributed by atoms with Gasteiger partial charge in [-0.1, -0.05) is 6.07 Å². The van der Waals surface area contributed by atoms with Crippen LogP contribution in [0.5, 0.6) is 0 Å². The van der Waals surface area contributed by atoms with Crippen molar-refractivity contribution in [2.24, 2.45) is 5.84 Å². The summed E-state index contributed by atoms with van der Waals surface area (Å²) in [6.07, 6.45) is 0. The Morgan fingerprint density at radius 1 is 1.10 bits per heavy atom. The molecule has 0 aliphatic heterocycles. The van der Waals surface area contributed by atoms with Crippen molar-refractivity contribution < 1.29 is 18.0 Å². The number of benzene rings is 1. The van der Waals surface area contributed by atoms with Gasteiger partial charge < -0.3 is 10.7 Å². The number of nitrogen functional groups attached to an aromatic ring is 1. The molecule has 0 saturated carbocycles. The number of pyridine rings is 1. The maximum atomic E-state index is 13.4. The van der Waals surface area contributed by atoms with E-state index < -0.39 is 29.0 Å². The third-order valence-electron chi connectivity index (χ3n) is 2.41. The van der Waals surface area contributed by atoms with Crippen LogP contribution < -0.4 is 16.6 Å². The van der Waals surface area contributed by atoms with Crippen molar-refractivity contribution in [1.82, 2.24) is 4.98 Å². The fourth-order valence-electron chi connectivity index (χ4n) is 1.45. The van der Waals surface area contributed by atoms with Crippen LogP contribution in [0.2, 0.25) is 0 Å². The van der Waals surface area contributed by atoms with Gasteiger partial charge in [0, 0.05) is 0 Å². The van der Waals surface area contributed by atoms with Gasteiger partial charge in [-0.2, -0.15) is 0 Å². The number of aromatic nitrogens is 1. The van der Waals surface area contributed by atoms with Gasteiger partial charge in [0.05, 0.1) is 5.69 Å². The number of nitrogens with two attached hydrogens (primary N) is 1. The highest BCUT2D eigenvalue weighted by Crippen LogP contribution is 2.20. The number of nitrogens with zero attached hydrogens (tertiary/aromatic N) is 1. The van der Waals surface area contributed by atoms with Gasteiger partial charge in [0.15, 0.2) is 17.5 Å². The molecule has 0 aliphatic carbocycles. The Hall–Kier alpha value is -2.61. The van der Waals surface area contributed by atoms with Crippen LogP contribution in [0.4, 0.5) is 24.7 Å². The largest absolute Gasteiger partial charge is 0.318 e. The van der Waals surface area contributed by atoms with E-state index in [9.17, 15) is 18.0 Å². The third-order valence-corrected chi connectivity index (χ3v) is 2.41. The highest BCUT2D eigenvalue weighted by Gasteiger charge is 2.16. The number of rotatable bonds is 3. The molecule has 0 fully saturated rings. The Bertz CT molecular complexity index is 663. The van der Waals surface area contributed by atoms with Gasteiger partial charge in [0.1, 0.15) is 11.5 Å². The monoisotopic (exact) mass is 282 g/mol. The van der Waals surface area contributed by atoms with Crippen LogP contribution in [0, 0.1) is 17.5 Å². The van der Waals surface area contributed by atoms with Crippen LogP contribution in [0.3, 0.4) is 0 Å². The van der Waals surface area contributed by atoms with Crippen molar-refractivity contribution in [3.63, 3.8) is 0 Å². The van der Waals surface area contributed by atoms with Gasteiger partial charge in [0.25, 0.3) is 5.91 Å². The molecule has 1 aromatic carbocycles. The Balaban J connectivity index is 2.25. The number of hydrogen-bond donors (Lipinski definition) is 3. The maximum absolute atomic E-state index is 13.4. The molecule has 2 rings (SSSR count). The first kappa shape index (κ1) is 13.8. The minimum Gasteiger partial charge on any atom is -0.318 e. The Labute approximate surface area is 111 Å². The van der Waals surface area contributed by atoms with E-state index in [2.05, 4.69) is 15.7 Å². The predicted octanol–water partition coefficient (Wildman–Crippen LogP) is 2.04. The summed E-state index contributed by atoms with van der Waals surface area (Å²) in [4.78, 5) is 15.6. The normalized spacial score (nSPS) is 10.2. The molecule has 2 aromatic rings. The van der Waals surface area contributed by atoms with Crippen LogP contribution in [0.15, 0.2) is 30.3 Å². The molecule has 0 radical (unpaired) electrons. The van der Waals surface area contributed by atoms with Crippen molar-refractivity contribution in [3.05, 3.63) is 53.5 Å². The molecule has 0 unspecified atom stereocenters. The standard InChI is InChI=1S/C12H9F3N4O/c13-6-4-5-7(11(15)10(6)14)18-12(20)8-2-1-3-9(17-8)19-16/h1-5H,16H2,(H,17,19)(H,18,20). The summed E-state index contributed by atoms with van der Waals surface area (Å²) in [6, 6.07) is 5.98. The van der Waals surface area contributed by atoms with Crippen molar-refractivity contribution in [1.29, 1.82) is 0 Å². The van der Waals surface area contributed by atoms with Crippen LogP contribution in [0.25, 0.3) is 0 Å². The fourth-order valence-corrected chi connectivity index (χ4v) is 1.45. The van der Waals surface area contributed by atoms with Crippen LogP contribution in [-0.2, 0) is 0 Å². The molecule has 1 amide bonds. The summed E-state index contributed by atoms with van der Waals surface area (Å²) in [6.45, 7) is 0. The summed E-state index contributed by atoms with van der Waals surface area (Å²) >= 11 is 0. The summed E-state index contributed by atoms with van der Waals surface area (Å²) in [5.74, 6) is 0.0977. The van der Waals surface area contributed by atoms with Gasteiger partial charge in [-0.25, -0.2) is 24.0 Å². The molecule has 8 heteroatoms. The molecule has 104 valence electrons. The quantitative estimate of drug-likeness (QED) is 0.457. The predicted molar refractivity (Wildman–Crippen MR) is 66.3 cm³/mol. The minimum atomic E-state index is -1.66. The lowest BCUT2D eigenvalue weighted by Gasteiger charge is -2.07. The second-order valence-corrected chi connectivity index (χ2v) is 3.73. The van der Waals surface area contributed by atoms with E-state index in [1.165, 1.54) is 18.2 Å². The number of amides is 1. The molecule has 1 aromatic heterocycles. The molecule has 0 spiro atoms. The van der Waals surface area contributed by atoms with Crippen molar-refractivity contribution in [2.45, 2.75) is 0 Å². The molecular formula is C12H9F3N4O. The highest BCUT2D eigenvalue weighted by molar-refractivity contribution is 6.03. The molecule has 5 nitrogen and oxygen atoms in total. The van der Waals surface area contributed by atoms with Gasteiger partial charge in [-0.3, -0.25) is 4.79 Å². The zero-order valence-corrected chi connectivity index (χ0v) is 9.95. The van der Waals surface area contributed by atoms with E-state index >= 15 is 0 Å². The van der Waals surface area contributed by atoms with Gasteiger partial charge in [-0.05, 0) is 24.3 Å². The van der Waals surface area contributed by atoms with Crippen molar-refractivity contribution in [3.8, 4) is 0 Å². The Kier molecular flexibility index (Phi) is 3.85. The zero-order chi connectivity index (χ0) is 14.7. The smallest absolute Gasteiger partial charge is 0.274 e. The van der Waals surface area contributed by atoms with Crippen LogP contribution >= 0.6 is 0 Å². The minimum absolute atomic E-state index is 0.0652. The Morgan fingerprint density at radius 2 is 1.85 bits per heavy atom. The third kappa shape index (κ3) is 2.69. The molecule has 0 aliphatic rings. The van der Waals surface area contributed by atoms with E-state index in [4.69, 9.17) is 5.84 Å². The molecule has 1 heterocycles. The number of nitrogens with one attached hydrogen (secondary N) is 2. The van der Waals surface area contributed by atoms with E-state index in [1.54, 1.807) is 0 Å². The van der Waals surface area contributed by atoms with E-state index in [0.29, 0.717) is 6.07 Å². The average molecular weight is 282 g/mol. The fraction of sp³-hybridized carbons (Fsp3) is 0. The van der Waals surface area contributed by atoms with Crippen LogP contribution in [-0.4, -0.2) is 10.9 Å². The molecule has 20 heavy (non-hydrogen) atoms. The summed E-state index contributed by atoms with van der Waals surface area (Å²) < 4.78 is 39.2. The first-order valence-electron chi connectivity index (χ1n) is 5.41. The topological polar surface area (TPSA) is 80.0 Å². The number of carbonyl (C=O) groups is 1. The SMILES string of the molecule is NNc1cccc(C(=O)Nc2ccc(F)c(F)c2F)n1. The number of anilines is 2. The number of hydrogen-bond acceptors (Lipinski definition) is 4. The first-order valence-corrected chi connectivity index (χ1v) is 5.41. The lowest BCUT2D eigenvalue weighted by atomic mass is 10.2. The molecule has 0 atom stereocenters. The average Bonchev–Trinajstić information content (AvgIpc) is 2.48. The lowest BCUT2D eigenvalue weighted by Crippen LogP contribution is -2.17. The molecular weight excluding hydrogens is 273 g/mol. The maximum Gasteiger partial charge on any atom is 0.274 e. The number of hydrazine groups is 1. The molecule has 0 saturated heterocycles. The first-order chi connectivity index (χ1) is 9.52. The van der Waals surface area contributed by atoms with Gasteiger partial charge in [0.2, 0.25) is 0 Å². The van der Waals surface area contributed by atoms with Crippen molar-refractivity contribution >= 4 is 17.4 Å².